The van der Waals surface area contributed by atoms with Gasteiger partial charge >= 0.3 is 0 Å². The summed E-state index contributed by atoms with van der Waals surface area (Å²) in [5, 5.41) is 3.47. The fourth-order valence-electron chi connectivity index (χ4n) is 1.86. The van der Waals surface area contributed by atoms with Crippen molar-refractivity contribution in [1.29, 1.82) is 0 Å². The maximum atomic E-state index is 5.77. The zero-order valence-corrected chi connectivity index (χ0v) is 8.34. The van der Waals surface area contributed by atoms with Crippen LogP contribution in [0.25, 0.3) is 0 Å². The molecule has 1 aliphatic rings. The number of hydrogen-bond donors (Lipinski definition) is 2. The van der Waals surface area contributed by atoms with E-state index in [9.17, 15) is 0 Å². The van der Waals surface area contributed by atoms with E-state index in [4.69, 9.17) is 12.2 Å². The summed E-state index contributed by atoms with van der Waals surface area (Å²) in [5.41, 5.74) is 5.89. The summed E-state index contributed by atoms with van der Waals surface area (Å²) < 4.78 is 0. The van der Waals surface area contributed by atoms with Crippen molar-refractivity contribution in [3.8, 4) is 12.3 Å². The molecule has 0 radical (unpaired) electrons. The van der Waals surface area contributed by atoms with Crippen LogP contribution in [-0.2, 0) is 0 Å². The standard InChI is InChI=1S/C10H19N3/c1-3-4-6-12-10(8-11)5-7-13(2)9-10/h1,12H,4-9,11H2,2H3. The first-order valence-electron chi connectivity index (χ1n) is 4.79. The number of terminal acetylenes is 1. The number of nitrogens with two attached hydrogens (primary N) is 1. The molecule has 0 bridgehead atoms. The van der Waals surface area contributed by atoms with Gasteiger partial charge in [-0.25, -0.2) is 0 Å². The number of rotatable bonds is 4. The largest absolute Gasteiger partial charge is 0.329 e. The van der Waals surface area contributed by atoms with E-state index in [1.807, 2.05) is 0 Å². The maximum Gasteiger partial charge on any atom is 0.0445 e. The first-order chi connectivity index (χ1) is 6.22. The topological polar surface area (TPSA) is 41.3 Å². The third-order valence-corrected chi connectivity index (χ3v) is 2.70. The molecule has 0 aromatic rings. The Labute approximate surface area is 80.7 Å². The molecule has 1 atom stereocenters. The summed E-state index contributed by atoms with van der Waals surface area (Å²) in [6, 6.07) is 0. The van der Waals surface area contributed by atoms with Crippen LogP contribution in [0.5, 0.6) is 0 Å². The van der Waals surface area contributed by atoms with Crippen LogP contribution in [0.1, 0.15) is 12.8 Å². The molecule has 0 aromatic carbocycles. The van der Waals surface area contributed by atoms with Crippen molar-refractivity contribution in [3.05, 3.63) is 0 Å². The molecule has 3 heteroatoms. The molecule has 3 nitrogen and oxygen atoms in total. The normalized spacial score (nSPS) is 29.0. The average molecular weight is 181 g/mol. The lowest BCUT2D eigenvalue weighted by Crippen LogP contribution is -2.53. The fourth-order valence-corrected chi connectivity index (χ4v) is 1.86. The van der Waals surface area contributed by atoms with E-state index in [0.717, 1.165) is 32.5 Å². The Morgan fingerprint density at radius 2 is 2.46 bits per heavy atom. The number of nitrogens with one attached hydrogen (secondary N) is 1. The van der Waals surface area contributed by atoms with Crippen molar-refractivity contribution in [3.63, 3.8) is 0 Å². The summed E-state index contributed by atoms with van der Waals surface area (Å²) in [5.74, 6) is 2.63. The quantitative estimate of drug-likeness (QED) is 0.459. The molecule has 1 rings (SSSR count). The van der Waals surface area contributed by atoms with Crippen molar-refractivity contribution >= 4 is 0 Å². The zero-order valence-electron chi connectivity index (χ0n) is 8.34. The molecule has 74 valence electrons. The number of likely N-dealkylation sites (tertiary alicyclic amines) is 1. The van der Waals surface area contributed by atoms with Gasteiger partial charge in [-0.2, -0.15) is 0 Å². The highest BCUT2D eigenvalue weighted by Crippen LogP contribution is 2.18. The fraction of sp³-hybridized carbons (Fsp3) is 0.800. The van der Waals surface area contributed by atoms with E-state index in [1.54, 1.807) is 0 Å². The van der Waals surface area contributed by atoms with Crippen LogP contribution in [-0.4, -0.2) is 43.7 Å². The van der Waals surface area contributed by atoms with Crippen molar-refractivity contribution in [2.75, 3.05) is 33.2 Å². The van der Waals surface area contributed by atoms with Crippen LogP contribution in [0.2, 0.25) is 0 Å². The van der Waals surface area contributed by atoms with Crippen molar-refractivity contribution in [1.82, 2.24) is 10.2 Å². The zero-order chi connectivity index (χ0) is 9.73. The molecule has 0 aromatic heterocycles. The molecular formula is C10H19N3. The summed E-state index contributed by atoms with van der Waals surface area (Å²) in [4.78, 5) is 2.30. The maximum absolute atomic E-state index is 5.77. The van der Waals surface area contributed by atoms with E-state index in [2.05, 4.69) is 23.2 Å². The van der Waals surface area contributed by atoms with Crippen molar-refractivity contribution < 1.29 is 0 Å². The highest BCUT2D eigenvalue weighted by molar-refractivity contribution is 4.98. The second-order valence-corrected chi connectivity index (χ2v) is 3.85. The monoisotopic (exact) mass is 181 g/mol. The van der Waals surface area contributed by atoms with Gasteiger partial charge in [0.2, 0.25) is 0 Å². The Balaban J connectivity index is 2.38. The Kier molecular flexibility index (Phi) is 3.73. The molecule has 0 spiro atoms. The second-order valence-electron chi connectivity index (χ2n) is 3.85. The first-order valence-corrected chi connectivity index (χ1v) is 4.79. The van der Waals surface area contributed by atoms with Crippen LogP contribution in [0, 0.1) is 12.3 Å². The highest BCUT2D eigenvalue weighted by atomic mass is 15.2. The molecule has 1 aliphatic heterocycles. The summed E-state index contributed by atoms with van der Waals surface area (Å²) in [7, 11) is 2.13. The SMILES string of the molecule is C#CCCNC1(CN)CCN(C)C1. The second kappa shape index (κ2) is 4.61. The number of hydrogen-bond acceptors (Lipinski definition) is 3. The molecule has 1 heterocycles. The minimum atomic E-state index is 0.117. The van der Waals surface area contributed by atoms with Crippen LogP contribution >= 0.6 is 0 Å². The van der Waals surface area contributed by atoms with Gasteiger partial charge in [-0.15, -0.1) is 12.3 Å². The average Bonchev–Trinajstić information content (AvgIpc) is 2.49. The minimum absolute atomic E-state index is 0.117. The molecule has 0 aliphatic carbocycles. The lowest BCUT2D eigenvalue weighted by molar-refractivity contribution is 0.319. The van der Waals surface area contributed by atoms with Crippen LogP contribution in [0.3, 0.4) is 0 Å². The minimum Gasteiger partial charge on any atom is -0.329 e. The lowest BCUT2D eigenvalue weighted by atomic mass is 9.99. The third-order valence-electron chi connectivity index (χ3n) is 2.70. The first kappa shape index (κ1) is 10.5. The van der Waals surface area contributed by atoms with E-state index in [1.165, 1.54) is 0 Å². The summed E-state index contributed by atoms with van der Waals surface area (Å²) >= 11 is 0. The van der Waals surface area contributed by atoms with Gasteiger partial charge in [-0.1, -0.05) is 0 Å². The van der Waals surface area contributed by atoms with E-state index in [0.29, 0.717) is 6.54 Å². The van der Waals surface area contributed by atoms with Crippen LogP contribution in [0.15, 0.2) is 0 Å². The molecule has 1 fully saturated rings. The lowest BCUT2D eigenvalue weighted by Gasteiger charge is -2.28. The Hall–Kier alpha value is -0.560. The van der Waals surface area contributed by atoms with E-state index < -0.39 is 0 Å². The molecular weight excluding hydrogens is 162 g/mol. The van der Waals surface area contributed by atoms with Crippen molar-refractivity contribution in [2.45, 2.75) is 18.4 Å². The van der Waals surface area contributed by atoms with Gasteiger partial charge in [0.25, 0.3) is 0 Å². The molecule has 0 amide bonds. The van der Waals surface area contributed by atoms with Gasteiger partial charge in [-0.3, -0.25) is 0 Å². The Morgan fingerprint density at radius 3 is 2.92 bits per heavy atom. The third kappa shape index (κ3) is 2.70. The van der Waals surface area contributed by atoms with Crippen LogP contribution < -0.4 is 11.1 Å². The van der Waals surface area contributed by atoms with Gasteiger partial charge in [0, 0.05) is 31.6 Å². The van der Waals surface area contributed by atoms with E-state index >= 15 is 0 Å². The number of nitrogens with zero attached hydrogens (tertiary/aromatic N) is 1. The number of likely N-dealkylation sites (N-methyl/N-ethyl adjacent to an activating group) is 1. The molecule has 0 saturated carbocycles. The summed E-state index contributed by atoms with van der Waals surface area (Å²) in [6.45, 7) is 3.73. The van der Waals surface area contributed by atoms with Crippen LogP contribution in [0.4, 0.5) is 0 Å². The smallest absolute Gasteiger partial charge is 0.0445 e. The Morgan fingerprint density at radius 1 is 1.69 bits per heavy atom. The molecule has 13 heavy (non-hydrogen) atoms. The predicted molar refractivity (Wildman–Crippen MR) is 55.4 cm³/mol. The molecule has 3 N–H and O–H groups in total. The molecule has 1 saturated heterocycles. The predicted octanol–water partition coefficient (Wildman–Crippen LogP) is -0.368. The van der Waals surface area contributed by atoms with Gasteiger partial charge in [-0.05, 0) is 20.0 Å². The van der Waals surface area contributed by atoms with Gasteiger partial charge in [0.1, 0.15) is 0 Å². The Bertz CT molecular complexity index is 197. The summed E-state index contributed by atoms with van der Waals surface area (Å²) in [6.07, 6.45) is 7.11. The van der Waals surface area contributed by atoms with Gasteiger partial charge < -0.3 is 16.0 Å². The van der Waals surface area contributed by atoms with Gasteiger partial charge in [0.15, 0.2) is 0 Å². The van der Waals surface area contributed by atoms with E-state index in [-0.39, 0.29) is 5.54 Å². The van der Waals surface area contributed by atoms with Gasteiger partial charge in [0.05, 0.1) is 0 Å². The highest BCUT2D eigenvalue weighted by Gasteiger charge is 2.34. The molecule has 1 unspecified atom stereocenters. The van der Waals surface area contributed by atoms with Crippen molar-refractivity contribution in [2.24, 2.45) is 5.73 Å².